The normalized spacial score (nSPS) is 14.2. The number of carbonyl (C=O) groups is 2. The smallest absolute Gasteiger partial charge is 0.329 e. The lowest BCUT2D eigenvalue weighted by Gasteiger charge is -2.33. The second kappa shape index (κ2) is 7.82. The summed E-state index contributed by atoms with van der Waals surface area (Å²) in [4.78, 5) is 30.9. The molecule has 0 N–H and O–H groups in total. The Morgan fingerprint density at radius 3 is 2.86 bits per heavy atom. The van der Waals surface area contributed by atoms with Gasteiger partial charge in [-0.05, 0) is 30.7 Å². The molecule has 0 saturated carbocycles. The molecule has 4 rings (SSSR count). The van der Waals surface area contributed by atoms with Gasteiger partial charge >= 0.3 is 5.97 Å². The molecule has 1 atom stereocenters. The molecule has 142 valence electrons. The Balaban J connectivity index is 1.57. The number of benzene rings is 2. The molecule has 1 unspecified atom stereocenters. The third-order valence-corrected chi connectivity index (χ3v) is 5.11. The van der Waals surface area contributed by atoms with E-state index in [0.29, 0.717) is 11.4 Å². The van der Waals surface area contributed by atoms with Crippen molar-refractivity contribution < 1.29 is 19.1 Å². The topological polar surface area (TPSA) is 68.7 Å². The molecule has 28 heavy (non-hydrogen) atoms. The van der Waals surface area contributed by atoms with Crippen LogP contribution in [-0.2, 0) is 20.9 Å². The van der Waals surface area contributed by atoms with Crippen molar-refractivity contribution in [2.75, 3.05) is 11.5 Å². The van der Waals surface area contributed by atoms with Gasteiger partial charge in [0.25, 0.3) is 5.91 Å². The van der Waals surface area contributed by atoms with Gasteiger partial charge in [0.15, 0.2) is 6.61 Å². The molecular formula is C21H18N2O4S. The molecule has 1 aliphatic heterocycles. The standard InChI is InChI=1S/C21H18N2O4S/c1-14(21(25)27-10-15-5-3-2-4-6-15)23-18-9-16(17-12-28-13-22-17)7-8-19(18)26-11-20(23)24/h2-9,12-14H,10-11H2,1H3. The summed E-state index contributed by atoms with van der Waals surface area (Å²) in [6.07, 6.45) is 0. The number of esters is 1. The zero-order valence-corrected chi connectivity index (χ0v) is 16.0. The van der Waals surface area contributed by atoms with Crippen molar-refractivity contribution >= 4 is 28.9 Å². The number of hydrogen-bond donors (Lipinski definition) is 0. The number of fused-ring (bicyclic) bond motifs is 1. The molecule has 0 spiro atoms. The fourth-order valence-electron chi connectivity index (χ4n) is 3.06. The Morgan fingerprint density at radius 1 is 1.29 bits per heavy atom. The highest BCUT2D eigenvalue weighted by atomic mass is 32.1. The number of thiazole rings is 1. The molecule has 6 nitrogen and oxygen atoms in total. The second-order valence-electron chi connectivity index (χ2n) is 6.38. The molecule has 1 amide bonds. The van der Waals surface area contributed by atoms with Crippen LogP contribution in [0.5, 0.6) is 5.75 Å². The minimum atomic E-state index is -0.774. The summed E-state index contributed by atoms with van der Waals surface area (Å²) in [5.74, 6) is -0.197. The van der Waals surface area contributed by atoms with Gasteiger partial charge in [0.05, 0.1) is 16.9 Å². The van der Waals surface area contributed by atoms with Gasteiger partial charge in [-0.25, -0.2) is 9.78 Å². The molecule has 1 aromatic heterocycles. The molecule has 2 aromatic carbocycles. The van der Waals surface area contributed by atoms with E-state index in [1.807, 2.05) is 47.8 Å². The lowest BCUT2D eigenvalue weighted by molar-refractivity contribution is -0.147. The molecule has 2 heterocycles. The summed E-state index contributed by atoms with van der Waals surface area (Å²) in [7, 11) is 0. The number of hydrogen-bond acceptors (Lipinski definition) is 6. The summed E-state index contributed by atoms with van der Waals surface area (Å²) in [5.41, 5.74) is 4.85. The van der Waals surface area contributed by atoms with E-state index in [2.05, 4.69) is 4.98 Å². The van der Waals surface area contributed by atoms with Gasteiger partial charge < -0.3 is 9.47 Å². The maximum atomic E-state index is 12.6. The minimum Gasteiger partial charge on any atom is -0.482 e. The zero-order chi connectivity index (χ0) is 19.5. The predicted molar refractivity (Wildman–Crippen MR) is 106 cm³/mol. The van der Waals surface area contributed by atoms with E-state index in [1.54, 1.807) is 18.5 Å². The van der Waals surface area contributed by atoms with Crippen LogP contribution in [0.4, 0.5) is 5.69 Å². The third-order valence-electron chi connectivity index (χ3n) is 4.52. The van der Waals surface area contributed by atoms with E-state index in [1.165, 1.54) is 16.2 Å². The monoisotopic (exact) mass is 394 g/mol. The minimum absolute atomic E-state index is 0.112. The maximum absolute atomic E-state index is 12.6. The van der Waals surface area contributed by atoms with Gasteiger partial charge in [-0.3, -0.25) is 9.69 Å². The van der Waals surface area contributed by atoms with Crippen molar-refractivity contribution in [3.63, 3.8) is 0 Å². The summed E-state index contributed by atoms with van der Waals surface area (Å²) < 4.78 is 11.0. The fraction of sp³-hybridized carbons (Fsp3) is 0.190. The number of rotatable bonds is 5. The average molecular weight is 394 g/mol. The van der Waals surface area contributed by atoms with E-state index < -0.39 is 12.0 Å². The second-order valence-corrected chi connectivity index (χ2v) is 7.10. The van der Waals surface area contributed by atoms with Crippen molar-refractivity contribution in [2.45, 2.75) is 19.6 Å². The SMILES string of the molecule is CC(C(=O)OCc1ccccc1)N1C(=O)COc2ccc(-c3cscn3)cc21. The van der Waals surface area contributed by atoms with E-state index in [9.17, 15) is 9.59 Å². The Kier molecular flexibility index (Phi) is 5.08. The average Bonchev–Trinajstić information content (AvgIpc) is 3.27. The molecule has 0 aliphatic carbocycles. The first-order chi connectivity index (χ1) is 13.6. The number of amides is 1. The number of carbonyl (C=O) groups excluding carboxylic acids is 2. The lowest BCUT2D eigenvalue weighted by atomic mass is 10.1. The first-order valence-corrected chi connectivity index (χ1v) is 9.76. The van der Waals surface area contributed by atoms with Gasteiger partial charge in [0, 0.05) is 10.9 Å². The highest BCUT2D eigenvalue weighted by molar-refractivity contribution is 7.07. The first-order valence-electron chi connectivity index (χ1n) is 8.81. The summed E-state index contributed by atoms with van der Waals surface area (Å²) in [5, 5.41) is 1.93. The molecule has 0 saturated heterocycles. The largest absolute Gasteiger partial charge is 0.482 e. The molecular weight excluding hydrogens is 376 g/mol. The van der Waals surface area contributed by atoms with Crippen LogP contribution in [0, 0.1) is 0 Å². The molecule has 0 fully saturated rings. The summed E-state index contributed by atoms with van der Waals surface area (Å²) in [6, 6.07) is 14.2. The van der Waals surface area contributed by atoms with Crippen LogP contribution in [-0.4, -0.2) is 29.5 Å². The Bertz CT molecular complexity index is 989. The van der Waals surface area contributed by atoms with Crippen LogP contribution in [0.2, 0.25) is 0 Å². The third kappa shape index (κ3) is 3.61. The van der Waals surface area contributed by atoms with E-state index in [-0.39, 0.29) is 19.1 Å². The van der Waals surface area contributed by atoms with E-state index in [4.69, 9.17) is 9.47 Å². The number of ether oxygens (including phenoxy) is 2. The maximum Gasteiger partial charge on any atom is 0.329 e. The van der Waals surface area contributed by atoms with E-state index >= 15 is 0 Å². The van der Waals surface area contributed by atoms with Crippen molar-refractivity contribution in [3.05, 3.63) is 65.0 Å². The van der Waals surface area contributed by atoms with Crippen molar-refractivity contribution in [1.82, 2.24) is 4.98 Å². The van der Waals surface area contributed by atoms with Crippen LogP contribution >= 0.6 is 11.3 Å². The van der Waals surface area contributed by atoms with Crippen LogP contribution in [0.25, 0.3) is 11.3 Å². The fourth-order valence-corrected chi connectivity index (χ4v) is 3.63. The predicted octanol–water partition coefficient (Wildman–Crippen LogP) is 3.67. The van der Waals surface area contributed by atoms with Crippen LogP contribution in [0.15, 0.2) is 59.4 Å². The highest BCUT2D eigenvalue weighted by Crippen LogP contribution is 2.37. The lowest BCUT2D eigenvalue weighted by Crippen LogP contribution is -2.48. The number of nitrogens with zero attached hydrogens (tertiary/aromatic N) is 2. The van der Waals surface area contributed by atoms with Crippen LogP contribution < -0.4 is 9.64 Å². The molecule has 7 heteroatoms. The first kappa shape index (κ1) is 18.2. The number of anilines is 1. The van der Waals surface area contributed by atoms with Crippen LogP contribution in [0.1, 0.15) is 12.5 Å². The number of aromatic nitrogens is 1. The molecule has 0 radical (unpaired) electrons. The van der Waals surface area contributed by atoms with Crippen molar-refractivity contribution in [1.29, 1.82) is 0 Å². The van der Waals surface area contributed by atoms with Crippen molar-refractivity contribution in [3.8, 4) is 17.0 Å². The van der Waals surface area contributed by atoms with Gasteiger partial charge in [-0.15, -0.1) is 11.3 Å². The van der Waals surface area contributed by atoms with Gasteiger partial charge in [-0.1, -0.05) is 30.3 Å². The Labute approximate surface area is 166 Å². The molecule has 3 aromatic rings. The zero-order valence-electron chi connectivity index (χ0n) is 15.2. The van der Waals surface area contributed by atoms with Gasteiger partial charge in [-0.2, -0.15) is 0 Å². The van der Waals surface area contributed by atoms with Gasteiger partial charge in [0.2, 0.25) is 0 Å². The van der Waals surface area contributed by atoms with Gasteiger partial charge in [0.1, 0.15) is 18.4 Å². The summed E-state index contributed by atoms with van der Waals surface area (Å²) in [6.45, 7) is 1.71. The van der Waals surface area contributed by atoms with Crippen LogP contribution in [0.3, 0.4) is 0 Å². The van der Waals surface area contributed by atoms with E-state index in [0.717, 1.165) is 16.8 Å². The molecule has 1 aliphatic rings. The van der Waals surface area contributed by atoms with Crippen molar-refractivity contribution in [2.24, 2.45) is 0 Å². The Morgan fingerprint density at radius 2 is 2.11 bits per heavy atom. The quantitative estimate of drug-likeness (QED) is 0.618. The Hall–Kier alpha value is -3.19. The highest BCUT2D eigenvalue weighted by Gasteiger charge is 2.34. The summed E-state index contributed by atoms with van der Waals surface area (Å²) >= 11 is 1.49. The molecule has 0 bridgehead atoms.